The van der Waals surface area contributed by atoms with Crippen molar-refractivity contribution in [1.82, 2.24) is 0 Å². The van der Waals surface area contributed by atoms with Gasteiger partial charge in [-0.2, -0.15) is 0 Å². The number of ether oxygens (including phenoxy) is 1. The van der Waals surface area contributed by atoms with E-state index in [0.29, 0.717) is 10.9 Å². The maximum Gasteiger partial charge on any atom is 0.137 e. The quantitative estimate of drug-likeness (QED) is 0.614. The molecule has 0 aliphatic heterocycles. The van der Waals surface area contributed by atoms with E-state index in [-0.39, 0.29) is 5.38 Å². The van der Waals surface area contributed by atoms with Gasteiger partial charge in [-0.25, -0.2) is 0 Å². The number of methoxy groups -OCH3 is 1. The monoisotopic (exact) mass is 362 g/mol. The summed E-state index contributed by atoms with van der Waals surface area (Å²) >= 11 is 16.4. The number of hydrogen-bond acceptors (Lipinski definition) is 1. The first-order chi connectivity index (χ1) is 9.10. The lowest BCUT2D eigenvalue weighted by Crippen LogP contribution is -2.16. The number of hydrogen-bond donors (Lipinski definition) is 0. The van der Waals surface area contributed by atoms with Crippen LogP contribution in [0, 0.1) is 17.8 Å². The van der Waals surface area contributed by atoms with Crippen molar-refractivity contribution in [2.24, 2.45) is 17.8 Å². The Bertz CT molecular complexity index is 491. The molecule has 0 amide bonds. The lowest BCUT2D eigenvalue weighted by atomic mass is 9.83. The second-order valence-electron chi connectivity index (χ2n) is 5.75. The highest BCUT2D eigenvalue weighted by Crippen LogP contribution is 2.55. The van der Waals surface area contributed by atoms with Crippen LogP contribution in [0.1, 0.15) is 36.6 Å². The van der Waals surface area contributed by atoms with Gasteiger partial charge in [0.25, 0.3) is 0 Å². The van der Waals surface area contributed by atoms with E-state index in [2.05, 4.69) is 15.9 Å². The summed E-state index contributed by atoms with van der Waals surface area (Å²) in [5.74, 6) is 3.08. The van der Waals surface area contributed by atoms with Crippen LogP contribution in [0.3, 0.4) is 0 Å². The molecule has 1 aromatic rings. The minimum absolute atomic E-state index is 0.000231. The van der Waals surface area contributed by atoms with E-state index in [0.717, 1.165) is 27.6 Å². The molecule has 1 aromatic carbocycles. The molecular formula is C15H17BrCl2O. The van der Waals surface area contributed by atoms with Gasteiger partial charge in [0.05, 0.1) is 17.0 Å². The van der Waals surface area contributed by atoms with E-state index in [9.17, 15) is 0 Å². The van der Waals surface area contributed by atoms with Crippen LogP contribution in [-0.2, 0) is 0 Å². The Kier molecular flexibility index (Phi) is 4.03. The molecule has 0 saturated heterocycles. The molecule has 3 rings (SSSR count). The van der Waals surface area contributed by atoms with E-state index in [1.54, 1.807) is 7.11 Å². The van der Waals surface area contributed by atoms with Crippen LogP contribution >= 0.6 is 39.1 Å². The topological polar surface area (TPSA) is 9.23 Å². The molecule has 4 unspecified atom stereocenters. The zero-order valence-electron chi connectivity index (χ0n) is 10.8. The van der Waals surface area contributed by atoms with Gasteiger partial charge < -0.3 is 4.74 Å². The summed E-state index contributed by atoms with van der Waals surface area (Å²) in [6, 6.07) is 3.81. The molecule has 0 heterocycles. The molecule has 2 saturated carbocycles. The van der Waals surface area contributed by atoms with Crippen molar-refractivity contribution in [1.29, 1.82) is 0 Å². The van der Waals surface area contributed by atoms with Crippen LogP contribution in [-0.4, -0.2) is 7.11 Å². The summed E-state index contributed by atoms with van der Waals surface area (Å²) in [7, 11) is 1.68. The number of halogens is 3. The van der Waals surface area contributed by atoms with Gasteiger partial charge in [-0.05, 0) is 65.1 Å². The summed E-state index contributed by atoms with van der Waals surface area (Å²) in [4.78, 5) is 0. The third-order valence-corrected chi connectivity index (χ3v) is 6.07. The lowest BCUT2D eigenvalue weighted by molar-refractivity contribution is 0.317. The van der Waals surface area contributed by atoms with Crippen molar-refractivity contribution in [2.45, 2.75) is 31.1 Å². The van der Waals surface area contributed by atoms with Crippen LogP contribution in [0.2, 0.25) is 5.02 Å². The summed E-state index contributed by atoms with van der Waals surface area (Å²) in [6.45, 7) is 0. The second-order valence-corrected chi connectivity index (χ2v) is 7.51. The number of benzene rings is 1. The van der Waals surface area contributed by atoms with E-state index < -0.39 is 0 Å². The fourth-order valence-electron chi connectivity index (χ4n) is 3.88. The normalized spacial score (nSPS) is 30.6. The smallest absolute Gasteiger partial charge is 0.137 e. The Morgan fingerprint density at radius 1 is 1.32 bits per heavy atom. The van der Waals surface area contributed by atoms with Crippen LogP contribution in [0.15, 0.2) is 16.6 Å². The molecule has 19 heavy (non-hydrogen) atoms. The summed E-state index contributed by atoms with van der Waals surface area (Å²) in [5.41, 5.74) is 1.03. The van der Waals surface area contributed by atoms with Crippen molar-refractivity contribution in [2.75, 3.05) is 7.11 Å². The van der Waals surface area contributed by atoms with Crippen molar-refractivity contribution in [3.8, 4) is 5.75 Å². The first-order valence-corrected chi connectivity index (χ1v) is 8.38. The maximum atomic E-state index is 6.77. The molecule has 0 spiro atoms. The van der Waals surface area contributed by atoms with Crippen molar-refractivity contribution >= 4 is 39.1 Å². The van der Waals surface area contributed by atoms with Crippen LogP contribution in [0.5, 0.6) is 5.75 Å². The van der Waals surface area contributed by atoms with E-state index in [4.69, 9.17) is 27.9 Å². The highest BCUT2D eigenvalue weighted by atomic mass is 79.9. The van der Waals surface area contributed by atoms with E-state index >= 15 is 0 Å². The molecule has 0 N–H and O–H groups in total. The molecule has 104 valence electrons. The molecule has 2 aliphatic carbocycles. The lowest BCUT2D eigenvalue weighted by Gasteiger charge is -2.28. The van der Waals surface area contributed by atoms with Crippen LogP contribution in [0.4, 0.5) is 0 Å². The Balaban J connectivity index is 1.93. The Morgan fingerprint density at radius 2 is 2.11 bits per heavy atom. The van der Waals surface area contributed by atoms with Gasteiger partial charge in [-0.1, -0.05) is 18.0 Å². The standard InChI is InChI=1S/C15H17BrCl2O/c1-19-15-12(6-10(17)7-13(15)16)14(18)11-5-8-2-3-9(11)4-8/h6-9,11,14H,2-5H2,1H3. The molecule has 0 aromatic heterocycles. The van der Waals surface area contributed by atoms with Crippen molar-refractivity contribution in [3.63, 3.8) is 0 Å². The predicted molar refractivity (Wildman–Crippen MR) is 83.2 cm³/mol. The van der Waals surface area contributed by atoms with Crippen LogP contribution in [0.25, 0.3) is 0 Å². The maximum absolute atomic E-state index is 6.77. The molecule has 4 heteroatoms. The van der Waals surface area contributed by atoms with Crippen molar-refractivity contribution < 1.29 is 4.74 Å². The first kappa shape index (κ1) is 14.0. The van der Waals surface area contributed by atoms with E-state index in [1.807, 2.05) is 12.1 Å². The average Bonchev–Trinajstić information content (AvgIpc) is 2.99. The number of fused-ring (bicyclic) bond motifs is 2. The third-order valence-electron chi connectivity index (χ3n) is 4.71. The third kappa shape index (κ3) is 2.52. The summed E-state index contributed by atoms with van der Waals surface area (Å²) in [6.07, 6.45) is 5.34. The Labute approximate surface area is 132 Å². The zero-order valence-corrected chi connectivity index (χ0v) is 13.9. The van der Waals surface area contributed by atoms with Gasteiger partial charge in [-0.15, -0.1) is 11.6 Å². The number of rotatable bonds is 3. The highest BCUT2D eigenvalue weighted by Gasteiger charge is 2.43. The minimum atomic E-state index is 0.000231. The predicted octanol–water partition coefficient (Wildman–Crippen LogP) is 5.83. The summed E-state index contributed by atoms with van der Waals surface area (Å²) < 4.78 is 6.38. The Hall–Kier alpha value is 0.0800. The minimum Gasteiger partial charge on any atom is -0.495 e. The van der Waals surface area contributed by atoms with Crippen molar-refractivity contribution in [3.05, 3.63) is 27.2 Å². The second kappa shape index (κ2) is 5.46. The first-order valence-electron chi connectivity index (χ1n) is 6.77. The van der Waals surface area contributed by atoms with Gasteiger partial charge in [0.1, 0.15) is 5.75 Å². The van der Waals surface area contributed by atoms with Gasteiger partial charge in [-0.3, -0.25) is 0 Å². The fourth-order valence-corrected chi connectivity index (χ4v) is 5.35. The van der Waals surface area contributed by atoms with Crippen LogP contribution < -0.4 is 4.74 Å². The van der Waals surface area contributed by atoms with Gasteiger partial charge in [0.15, 0.2) is 0 Å². The SMILES string of the molecule is COc1c(Br)cc(Cl)cc1C(Cl)C1CC2CCC1C2. The largest absolute Gasteiger partial charge is 0.495 e. The molecule has 2 fully saturated rings. The van der Waals surface area contributed by atoms with Gasteiger partial charge in [0.2, 0.25) is 0 Å². The molecular weight excluding hydrogens is 347 g/mol. The highest BCUT2D eigenvalue weighted by molar-refractivity contribution is 9.10. The molecule has 0 radical (unpaired) electrons. The molecule has 2 aliphatic rings. The molecule has 1 nitrogen and oxygen atoms in total. The van der Waals surface area contributed by atoms with Gasteiger partial charge in [0, 0.05) is 10.6 Å². The summed E-state index contributed by atoms with van der Waals surface area (Å²) in [5, 5.41) is 0.705. The van der Waals surface area contributed by atoms with Gasteiger partial charge >= 0.3 is 0 Å². The molecule has 2 bridgehead atoms. The fraction of sp³-hybridized carbons (Fsp3) is 0.600. The number of alkyl halides is 1. The molecule has 4 atom stereocenters. The zero-order chi connectivity index (χ0) is 13.6. The average molecular weight is 364 g/mol. The Morgan fingerprint density at radius 3 is 2.68 bits per heavy atom. The van der Waals surface area contributed by atoms with E-state index in [1.165, 1.54) is 25.7 Å².